The Hall–Kier alpha value is -3.74. The molecule has 0 amide bonds. The molecule has 2 aromatic heterocycles. The van der Waals surface area contributed by atoms with Crippen molar-refractivity contribution in [2.75, 3.05) is 0 Å². The smallest absolute Gasteiger partial charge is 0.252 e. The first-order valence-electron chi connectivity index (χ1n) is 8.82. The summed E-state index contributed by atoms with van der Waals surface area (Å²) in [6, 6.07) is 20.3. The molecule has 0 saturated carbocycles. The van der Waals surface area contributed by atoms with Crippen molar-refractivity contribution in [1.29, 1.82) is 0 Å². The van der Waals surface area contributed by atoms with Crippen LogP contribution >= 0.6 is 0 Å². The van der Waals surface area contributed by atoms with Gasteiger partial charge in [-0.3, -0.25) is 9.89 Å². The van der Waals surface area contributed by atoms with Crippen molar-refractivity contribution < 1.29 is 5.11 Å². The third-order valence-electron chi connectivity index (χ3n) is 4.48. The van der Waals surface area contributed by atoms with Crippen LogP contribution in [0.3, 0.4) is 0 Å². The van der Waals surface area contributed by atoms with Crippen molar-refractivity contribution in [3.05, 3.63) is 101 Å². The maximum absolute atomic E-state index is 12.2. The minimum atomic E-state index is -0.587. The van der Waals surface area contributed by atoms with E-state index < -0.39 is 11.2 Å². The summed E-state index contributed by atoms with van der Waals surface area (Å²) in [5.74, 6) is -0.0573. The summed E-state index contributed by atoms with van der Waals surface area (Å²) in [7, 11) is 0. The first-order valence-corrected chi connectivity index (χ1v) is 8.82. The minimum Gasteiger partial charge on any atom is -0.503 e. The van der Waals surface area contributed by atoms with E-state index in [1.54, 1.807) is 4.68 Å². The Balaban J connectivity index is 1.64. The van der Waals surface area contributed by atoms with Gasteiger partial charge in [-0.05, 0) is 17.5 Å². The Kier molecular flexibility index (Phi) is 4.97. The van der Waals surface area contributed by atoms with Gasteiger partial charge in [-0.1, -0.05) is 60.7 Å². The fraction of sp³-hybridized carbons (Fsp3) is 0.0952. The quantitative estimate of drug-likeness (QED) is 0.542. The van der Waals surface area contributed by atoms with Gasteiger partial charge in [-0.2, -0.15) is 10.2 Å². The number of nitrogens with one attached hydrogen (secondary N) is 1. The van der Waals surface area contributed by atoms with E-state index in [9.17, 15) is 9.90 Å². The molecule has 28 heavy (non-hydrogen) atoms. The monoisotopic (exact) mass is 372 g/mol. The lowest BCUT2D eigenvalue weighted by Crippen LogP contribution is -2.15. The van der Waals surface area contributed by atoms with Gasteiger partial charge in [0.25, 0.3) is 5.43 Å². The number of hydrogen-bond donors (Lipinski definition) is 2. The number of aromatic nitrogens is 5. The number of benzene rings is 2. The third kappa shape index (κ3) is 3.55. The van der Waals surface area contributed by atoms with Crippen LogP contribution < -0.4 is 5.43 Å². The van der Waals surface area contributed by atoms with Crippen LogP contribution in [-0.2, 0) is 6.54 Å². The largest absolute Gasteiger partial charge is 0.503 e. The molecule has 0 aliphatic rings. The van der Waals surface area contributed by atoms with Gasteiger partial charge in [-0.25, -0.2) is 9.67 Å². The summed E-state index contributed by atoms with van der Waals surface area (Å²) in [5, 5.41) is 20.3. The van der Waals surface area contributed by atoms with Gasteiger partial charge in [0.15, 0.2) is 17.3 Å². The van der Waals surface area contributed by atoms with Gasteiger partial charge in [0.05, 0.1) is 6.20 Å². The fourth-order valence-corrected chi connectivity index (χ4v) is 3.12. The lowest BCUT2D eigenvalue weighted by molar-refractivity contribution is 0.465. The molecule has 139 valence electrons. The molecule has 7 nitrogen and oxygen atoms in total. The highest BCUT2D eigenvalue weighted by Crippen LogP contribution is 2.28. The normalized spacial score (nSPS) is 11.0. The second-order valence-corrected chi connectivity index (χ2v) is 6.25. The van der Waals surface area contributed by atoms with Gasteiger partial charge in [0.1, 0.15) is 6.33 Å². The van der Waals surface area contributed by atoms with E-state index in [1.807, 2.05) is 36.4 Å². The molecule has 0 saturated heterocycles. The van der Waals surface area contributed by atoms with Crippen molar-refractivity contribution in [1.82, 2.24) is 25.0 Å². The predicted molar refractivity (Wildman–Crippen MR) is 105 cm³/mol. The second-order valence-electron chi connectivity index (χ2n) is 6.25. The summed E-state index contributed by atoms with van der Waals surface area (Å²) in [4.78, 5) is 16.3. The van der Waals surface area contributed by atoms with E-state index >= 15 is 0 Å². The average Bonchev–Trinajstić information content (AvgIpc) is 3.20. The lowest BCUT2D eigenvalue weighted by atomic mass is 9.88. The molecular weight excluding hydrogens is 354 g/mol. The van der Waals surface area contributed by atoms with Crippen LogP contribution in [0.1, 0.15) is 17.0 Å². The zero-order valence-corrected chi connectivity index (χ0v) is 14.9. The van der Waals surface area contributed by atoms with Crippen LogP contribution in [0.25, 0.3) is 11.5 Å². The summed E-state index contributed by atoms with van der Waals surface area (Å²) in [6.45, 7) is 0.417. The Morgan fingerprint density at radius 1 is 1.04 bits per heavy atom. The van der Waals surface area contributed by atoms with Crippen LogP contribution in [0.2, 0.25) is 0 Å². The van der Waals surface area contributed by atoms with E-state index in [1.165, 1.54) is 6.33 Å². The molecule has 2 N–H and O–H groups in total. The van der Waals surface area contributed by atoms with E-state index in [2.05, 4.69) is 51.0 Å². The molecule has 2 aromatic carbocycles. The number of rotatable bonds is 6. The molecule has 2 heterocycles. The number of aromatic hydroxyl groups is 1. The van der Waals surface area contributed by atoms with Crippen LogP contribution in [0, 0.1) is 6.42 Å². The summed E-state index contributed by atoms with van der Waals surface area (Å²) in [5.41, 5.74) is 1.75. The van der Waals surface area contributed by atoms with Crippen LogP contribution in [0.4, 0.5) is 0 Å². The molecule has 4 rings (SSSR count). The van der Waals surface area contributed by atoms with E-state index in [0.29, 0.717) is 12.4 Å². The summed E-state index contributed by atoms with van der Waals surface area (Å²) >= 11 is 0. The van der Waals surface area contributed by atoms with Crippen molar-refractivity contribution in [3.8, 4) is 17.3 Å². The Morgan fingerprint density at radius 3 is 2.32 bits per heavy atom. The molecule has 0 bridgehead atoms. The zero-order chi connectivity index (χ0) is 19.3. The van der Waals surface area contributed by atoms with Gasteiger partial charge >= 0.3 is 0 Å². The number of nitrogens with zero attached hydrogens (tertiary/aromatic N) is 4. The molecule has 0 atom stereocenters. The highest BCUT2D eigenvalue weighted by Gasteiger charge is 2.18. The second kappa shape index (κ2) is 7.87. The van der Waals surface area contributed by atoms with Crippen molar-refractivity contribution in [3.63, 3.8) is 0 Å². The summed E-state index contributed by atoms with van der Waals surface area (Å²) < 4.78 is 1.59. The summed E-state index contributed by atoms with van der Waals surface area (Å²) in [6.07, 6.45) is 4.62. The van der Waals surface area contributed by atoms with Crippen molar-refractivity contribution >= 4 is 0 Å². The zero-order valence-electron chi connectivity index (χ0n) is 14.9. The van der Waals surface area contributed by atoms with E-state index in [0.717, 1.165) is 17.3 Å². The molecule has 4 aromatic rings. The third-order valence-corrected chi connectivity index (χ3v) is 4.48. The molecule has 1 radical (unpaired) electrons. The van der Waals surface area contributed by atoms with E-state index in [-0.39, 0.29) is 11.6 Å². The van der Waals surface area contributed by atoms with Gasteiger partial charge in [-0.15, -0.1) is 0 Å². The standard InChI is InChI=1S/C21H18N5O2/c27-18-13-23-25-19(20(18)28)21-22-14-24-26(21)12-11-17(15-7-3-1-4-8-15)16-9-5-2-6-10-16/h1-11,13-14,17H,12H2,(H,23,28)(H,25,27). The Morgan fingerprint density at radius 2 is 1.68 bits per heavy atom. The van der Waals surface area contributed by atoms with Gasteiger partial charge in [0.2, 0.25) is 0 Å². The first-order chi connectivity index (χ1) is 13.7. The van der Waals surface area contributed by atoms with Crippen LogP contribution in [0.15, 0.2) is 78.0 Å². The lowest BCUT2D eigenvalue weighted by Gasteiger charge is -2.18. The first kappa shape index (κ1) is 17.7. The highest BCUT2D eigenvalue weighted by molar-refractivity contribution is 5.50. The molecule has 0 unspecified atom stereocenters. The molecule has 0 spiro atoms. The molecule has 0 fully saturated rings. The molecular formula is C21H18N5O2. The number of hydrogen-bond acceptors (Lipinski definition) is 5. The highest BCUT2D eigenvalue weighted by atomic mass is 16.3. The maximum Gasteiger partial charge on any atom is 0.252 e. The topological polar surface area (TPSA) is 96.7 Å². The SMILES string of the molecule is O=c1c(O)c[nH]nc1-c1ncnn1C[CH]C(c1ccccc1)c1ccccc1. The Bertz CT molecular complexity index is 1070. The van der Waals surface area contributed by atoms with E-state index in [4.69, 9.17) is 0 Å². The molecule has 0 aliphatic carbocycles. The number of H-pyrrole nitrogens is 1. The predicted octanol–water partition coefficient (Wildman–Crippen LogP) is 2.77. The average molecular weight is 372 g/mol. The van der Waals surface area contributed by atoms with Gasteiger partial charge < -0.3 is 5.11 Å². The van der Waals surface area contributed by atoms with Crippen molar-refractivity contribution in [2.45, 2.75) is 12.5 Å². The molecule has 0 aliphatic heterocycles. The maximum atomic E-state index is 12.2. The molecule has 7 heteroatoms. The van der Waals surface area contributed by atoms with Crippen LogP contribution in [-0.4, -0.2) is 30.1 Å². The van der Waals surface area contributed by atoms with Crippen molar-refractivity contribution in [2.24, 2.45) is 0 Å². The van der Waals surface area contributed by atoms with Crippen LogP contribution in [0.5, 0.6) is 5.75 Å². The Labute approximate surface area is 161 Å². The van der Waals surface area contributed by atoms with Gasteiger partial charge in [0, 0.05) is 12.5 Å². The minimum absolute atomic E-state index is 0.0295. The fourth-order valence-electron chi connectivity index (χ4n) is 3.12. The number of aromatic amines is 1.